The molecule has 2 rings (SSSR count). The maximum Gasteiger partial charge on any atom is 0.324 e. The van der Waals surface area contributed by atoms with Crippen LogP contribution >= 0.6 is 11.6 Å². The largest absolute Gasteiger partial charge is 0.442 e. The minimum Gasteiger partial charge on any atom is -0.442 e. The predicted molar refractivity (Wildman–Crippen MR) is 114 cm³/mol. The van der Waals surface area contributed by atoms with Crippen LogP contribution in [0.2, 0.25) is 5.02 Å². The van der Waals surface area contributed by atoms with Gasteiger partial charge in [-0.25, -0.2) is 9.79 Å². The van der Waals surface area contributed by atoms with Gasteiger partial charge in [-0.05, 0) is 42.0 Å². The van der Waals surface area contributed by atoms with Crippen molar-refractivity contribution in [2.75, 3.05) is 13.2 Å². The van der Waals surface area contributed by atoms with Gasteiger partial charge in [0.15, 0.2) is 5.88 Å². The summed E-state index contributed by atoms with van der Waals surface area (Å²) in [5.41, 5.74) is 12.9. The predicted octanol–water partition coefficient (Wildman–Crippen LogP) is 1.87. The first-order chi connectivity index (χ1) is 14.4. The third-order valence-corrected chi connectivity index (χ3v) is 3.96. The number of guanidine groups is 1. The van der Waals surface area contributed by atoms with Gasteiger partial charge in [0, 0.05) is 17.6 Å². The number of carbonyl (C=O) groups excluding carboxylic acids is 2. The number of nitrogens with two attached hydrogens (primary N) is 2. The molecule has 2 amide bonds. The average molecular weight is 432 g/mol. The van der Waals surface area contributed by atoms with Crippen LogP contribution in [0.25, 0.3) is 0 Å². The van der Waals surface area contributed by atoms with Crippen LogP contribution in [0.5, 0.6) is 5.75 Å². The summed E-state index contributed by atoms with van der Waals surface area (Å²) >= 11 is 5.90. The third kappa shape index (κ3) is 7.12. The van der Waals surface area contributed by atoms with E-state index in [2.05, 4.69) is 10.3 Å². The molecule has 6 N–H and O–H groups in total. The second-order valence-corrected chi connectivity index (χ2v) is 6.38. The van der Waals surface area contributed by atoms with Crippen molar-refractivity contribution >= 4 is 35.6 Å². The summed E-state index contributed by atoms with van der Waals surface area (Å²) in [5, 5.41) is 12.1. The topological polar surface area (TPSA) is 143 Å². The number of hydrogen-bond donors (Lipinski definition) is 4. The monoisotopic (exact) mass is 431 g/mol. The number of urea groups is 1. The molecule has 0 bridgehead atoms. The summed E-state index contributed by atoms with van der Waals surface area (Å²) in [6.07, 6.45) is 1.61. The van der Waals surface area contributed by atoms with E-state index in [1.807, 2.05) is 0 Å². The van der Waals surface area contributed by atoms with Gasteiger partial charge in [-0.1, -0.05) is 23.7 Å². The molecule has 0 aliphatic carbocycles. The number of aliphatic imine (C=N–C) groups is 1. The molecule has 0 aromatic heterocycles. The molecule has 9 nitrogen and oxygen atoms in total. The molecule has 10 heteroatoms. The van der Waals surface area contributed by atoms with Gasteiger partial charge in [-0.2, -0.15) is 0 Å². The van der Waals surface area contributed by atoms with E-state index in [9.17, 15) is 9.59 Å². The van der Waals surface area contributed by atoms with Gasteiger partial charge in [0.05, 0.1) is 18.8 Å². The van der Waals surface area contributed by atoms with Crippen LogP contribution < -0.4 is 21.5 Å². The Hall–Kier alpha value is -3.56. The van der Waals surface area contributed by atoms with Gasteiger partial charge in [0.25, 0.3) is 0 Å². The number of carbonyl (C=O) groups is 2. The SMILES string of the molecule is NC(=CC=O)Oc1ccc(N=C(N)N(Cc2ccc(Cl)cc2)C(=O)NCCO)cc1. The second-order valence-electron chi connectivity index (χ2n) is 5.94. The van der Waals surface area contributed by atoms with Crippen molar-refractivity contribution in [2.24, 2.45) is 16.5 Å². The lowest BCUT2D eigenvalue weighted by Gasteiger charge is -2.22. The van der Waals surface area contributed by atoms with E-state index in [4.69, 9.17) is 32.9 Å². The molecule has 0 atom stereocenters. The summed E-state index contributed by atoms with van der Waals surface area (Å²) in [5.74, 6) is 0.312. The first kappa shape index (κ1) is 22.7. The third-order valence-electron chi connectivity index (χ3n) is 3.71. The highest BCUT2D eigenvalue weighted by Gasteiger charge is 2.18. The van der Waals surface area contributed by atoms with Gasteiger partial charge in [-0.3, -0.25) is 9.69 Å². The molecule has 0 unspecified atom stereocenters. The van der Waals surface area contributed by atoms with E-state index in [1.165, 1.54) is 4.90 Å². The quantitative estimate of drug-likeness (QED) is 0.165. The summed E-state index contributed by atoms with van der Waals surface area (Å²) in [6.45, 7) is 0.0176. The number of aldehydes is 1. The molecular weight excluding hydrogens is 410 g/mol. The Morgan fingerprint density at radius 1 is 1.17 bits per heavy atom. The van der Waals surface area contributed by atoms with Crippen molar-refractivity contribution in [3.8, 4) is 5.75 Å². The molecule has 0 aliphatic rings. The van der Waals surface area contributed by atoms with Gasteiger partial charge < -0.3 is 26.6 Å². The Bertz CT molecular complexity index is 914. The molecule has 158 valence electrons. The number of nitrogens with one attached hydrogen (secondary N) is 1. The normalized spacial score (nSPS) is 11.7. The van der Waals surface area contributed by atoms with Crippen LogP contribution in [0.15, 0.2) is 65.5 Å². The zero-order chi connectivity index (χ0) is 21.9. The van der Waals surface area contributed by atoms with E-state index >= 15 is 0 Å². The molecule has 0 heterocycles. The summed E-state index contributed by atoms with van der Waals surface area (Å²) in [4.78, 5) is 28.4. The van der Waals surface area contributed by atoms with Crippen molar-refractivity contribution in [3.63, 3.8) is 0 Å². The fourth-order valence-electron chi connectivity index (χ4n) is 2.31. The lowest BCUT2D eigenvalue weighted by Crippen LogP contribution is -2.47. The van der Waals surface area contributed by atoms with Crippen molar-refractivity contribution in [2.45, 2.75) is 6.54 Å². The molecule has 0 saturated heterocycles. The number of allylic oxidation sites excluding steroid dienone is 1. The lowest BCUT2D eigenvalue weighted by atomic mass is 10.2. The number of aliphatic hydroxyl groups is 1. The Labute approximate surface area is 178 Å². The van der Waals surface area contributed by atoms with E-state index < -0.39 is 6.03 Å². The highest BCUT2D eigenvalue weighted by molar-refractivity contribution is 6.30. The van der Waals surface area contributed by atoms with Crippen LogP contribution in [0.3, 0.4) is 0 Å². The highest BCUT2D eigenvalue weighted by atomic mass is 35.5. The van der Waals surface area contributed by atoms with Crippen LogP contribution in [0.4, 0.5) is 10.5 Å². The van der Waals surface area contributed by atoms with Gasteiger partial charge >= 0.3 is 6.03 Å². The maximum absolute atomic E-state index is 12.5. The number of rotatable bonds is 8. The van der Waals surface area contributed by atoms with Crippen LogP contribution in [-0.4, -0.2) is 41.4 Å². The Morgan fingerprint density at radius 2 is 1.83 bits per heavy atom. The molecule has 30 heavy (non-hydrogen) atoms. The van der Waals surface area contributed by atoms with E-state index in [0.717, 1.165) is 11.6 Å². The molecule has 2 aromatic carbocycles. The highest BCUT2D eigenvalue weighted by Crippen LogP contribution is 2.20. The van der Waals surface area contributed by atoms with Crippen molar-refractivity contribution < 1.29 is 19.4 Å². The average Bonchev–Trinajstić information content (AvgIpc) is 2.73. The fraction of sp³-hybridized carbons (Fsp3) is 0.150. The Kier molecular flexibility index (Phi) is 8.67. The molecule has 0 radical (unpaired) electrons. The van der Waals surface area contributed by atoms with Crippen LogP contribution in [0.1, 0.15) is 5.56 Å². The smallest absolute Gasteiger partial charge is 0.324 e. The number of benzene rings is 2. The zero-order valence-electron chi connectivity index (χ0n) is 16.0. The minimum absolute atomic E-state index is 0.0459. The first-order valence-corrected chi connectivity index (χ1v) is 9.24. The zero-order valence-corrected chi connectivity index (χ0v) is 16.7. The molecule has 0 spiro atoms. The summed E-state index contributed by atoms with van der Waals surface area (Å²) < 4.78 is 5.25. The fourth-order valence-corrected chi connectivity index (χ4v) is 2.43. The number of hydrogen-bond acceptors (Lipinski definition) is 6. The van der Waals surface area contributed by atoms with E-state index in [1.54, 1.807) is 48.5 Å². The summed E-state index contributed by atoms with van der Waals surface area (Å²) in [6, 6.07) is 12.9. The van der Waals surface area contributed by atoms with Gasteiger partial charge in [0.1, 0.15) is 12.0 Å². The number of halogens is 1. The molecule has 2 aromatic rings. The minimum atomic E-state index is -0.507. The number of nitrogens with zero attached hydrogens (tertiary/aromatic N) is 2. The second kappa shape index (κ2) is 11.4. The molecular formula is C20H22ClN5O4. The van der Waals surface area contributed by atoms with Crippen molar-refractivity contribution in [3.05, 3.63) is 71.1 Å². The Morgan fingerprint density at radius 3 is 2.43 bits per heavy atom. The Balaban J connectivity index is 2.20. The van der Waals surface area contributed by atoms with Crippen molar-refractivity contribution in [1.82, 2.24) is 10.2 Å². The van der Waals surface area contributed by atoms with Crippen LogP contribution in [-0.2, 0) is 11.3 Å². The number of ether oxygens (including phenoxy) is 1. The molecule has 0 aliphatic heterocycles. The standard InChI is InChI=1S/C20H22ClN5O4/c21-15-3-1-14(2-4-15)13-26(20(29)24-10-12-28)19(23)25-16-5-7-17(8-6-16)30-18(22)9-11-27/h1-9,11,28H,10,12-13,22H2,(H2,23,25)(H,24,29). The first-order valence-electron chi connectivity index (χ1n) is 8.86. The number of aliphatic hydroxyl groups excluding tert-OH is 1. The van der Waals surface area contributed by atoms with Crippen LogP contribution in [0, 0.1) is 0 Å². The van der Waals surface area contributed by atoms with E-state index in [0.29, 0.717) is 22.7 Å². The van der Waals surface area contributed by atoms with E-state index in [-0.39, 0.29) is 31.5 Å². The van der Waals surface area contributed by atoms with Crippen molar-refractivity contribution in [1.29, 1.82) is 0 Å². The van der Waals surface area contributed by atoms with Gasteiger partial charge in [0.2, 0.25) is 5.96 Å². The van der Waals surface area contributed by atoms with Gasteiger partial charge in [-0.15, -0.1) is 0 Å². The molecule has 0 saturated carbocycles. The molecule has 0 fully saturated rings. The summed E-state index contributed by atoms with van der Waals surface area (Å²) in [7, 11) is 0. The maximum atomic E-state index is 12.5. The number of amides is 2. The lowest BCUT2D eigenvalue weighted by molar-refractivity contribution is -0.104.